The number of hydrogen-bond acceptors (Lipinski definition) is 3. The molecule has 9 heteroatoms. The minimum absolute atomic E-state index is 0.250. The maximum Gasteiger partial charge on any atom is 0.150 e. The predicted molar refractivity (Wildman–Crippen MR) is 136 cm³/mol. The molecule has 0 spiro atoms. The Kier molecular flexibility index (Phi) is 13.3. The molecule has 31 heavy (non-hydrogen) atoms. The summed E-state index contributed by atoms with van der Waals surface area (Å²) in [7, 11) is -2.40. The molecule has 2 rings (SSSR count). The molecule has 2 N–H and O–H groups in total. The minimum Gasteiger partial charge on any atom is -0.298 e. The smallest absolute Gasteiger partial charge is 0.150 e. The SMILES string of the molecule is CC(C)(C)[S@@](N)=O.CC(C)(C)[S@](=O)N=Cc1cccc(Cl)c1.O=Cc1cccc(Cl)c1. The minimum atomic E-state index is -1.22. The van der Waals surface area contributed by atoms with Crippen LogP contribution in [0.2, 0.25) is 10.0 Å². The summed E-state index contributed by atoms with van der Waals surface area (Å²) in [6.45, 7) is 11.2. The van der Waals surface area contributed by atoms with Crippen LogP contribution in [0.15, 0.2) is 52.9 Å². The van der Waals surface area contributed by atoms with Gasteiger partial charge in [-0.3, -0.25) is 9.93 Å². The molecule has 0 fully saturated rings. The summed E-state index contributed by atoms with van der Waals surface area (Å²) in [6.07, 6.45) is 2.36. The highest BCUT2D eigenvalue weighted by Gasteiger charge is 2.18. The molecule has 0 saturated carbocycles. The first-order chi connectivity index (χ1) is 14.2. The van der Waals surface area contributed by atoms with Gasteiger partial charge < -0.3 is 0 Å². The number of carbonyl (C=O) groups is 1. The van der Waals surface area contributed by atoms with Crippen LogP contribution in [-0.2, 0) is 22.0 Å². The standard InChI is InChI=1S/C11H14ClNOS.C7H5ClO.C4H11NOS/c1-11(2,3)15(14)13-8-9-5-4-6-10(12)7-9;8-7-3-1-2-6(4-7)5-9;1-4(2,3)7(5)6/h4-8H,1-3H3;1-5H;5H2,1-3H3/t15-;;7-/m0.0/s1. The summed E-state index contributed by atoms with van der Waals surface area (Å²) in [5, 5.41) is 6.29. The molecular weight excluding hydrogens is 475 g/mol. The van der Waals surface area contributed by atoms with Crippen molar-refractivity contribution in [3.8, 4) is 0 Å². The van der Waals surface area contributed by atoms with E-state index < -0.39 is 22.0 Å². The van der Waals surface area contributed by atoms with Crippen LogP contribution in [0, 0.1) is 0 Å². The second kappa shape index (κ2) is 13.9. The van der Waals surface area contributed by atoms with Crippen LogP contribution in [0.1, 0.15) is 57.5 Å². The quantitative estimate of drug-likeness (QED) is 0.424. The molecule has 0 amide bonds. The van der Waals surface area contributed by atoms with Crippen molar-refractivity contribution >= 4 is 57.7 Å². The Morgan fingerprint density at radius 1 is 0.839 bits per heavy atom. The maximum atomic E-state index is 11.6. The Bertz CT molecular complexity index is 921. The van der Waals surface area contributed by atoms with Crippen LogP contribution in [0.25, 0.3) is 0 Å². The molecule has 2 atom stereocenters. The Labute approximate surface area is 200 Å². The van der Waals surface area contributed by atoms with Crippen LogP contribution in [0.3, 0.4) is 0 Å². The van der Waals surface area contributed by atoms with E-state index in [1.807, 2.05) is 53.7 Å². The van der Waals surface area contributed by atoms with Gasteiger partial charge in [0.25, 0.3) is 0 Å². The molecule has 5 nitrogen and oxygen atoms in total. The summed E-state index contributed by atoms with van der Waals surface area (Å²) in [6, 6.07) is 14.1. The van der Waals surface area contributed by atoms with Crippen molar-refractivity contribution in [2.24, 2.45) is 9.54 Å². The number of carbonyl (C=O) groups excluding carboxylic acids is 1. The fourth-order valence-corrected chi connectivity index (χ4v) is 2.36. The maximum absolute atomic E-state index is 11.6. The van der Waals surface area contributed by atoms with E-state index in [4.69, 9.17) is 28.3 Å². The van der Waals surface area contributed by atoms with Gasteiger partial charge in [-0.2, -0.15) is 4.40 Å². The molecule has 0 unspecified atom stereocenters. The summed E-state index contributed by atoms with van der Waals surface area (Å²) in [4.78, 5) is 10.1. The van der Waals surface area contributed by atoms with Crippen LogP contribution in [0.5, 0.6) is 0 Å². The molecule has 0 aliphatic heterocycles. The van der Waals surface area contributed by atoms with E-state index in [1.54, 1.807) is 42.6 Å². The monoisotopic (exact) mass is 504 g/mol. The molecular formula is C22H30Cl2N2O3S2. The Morgan fingerprint density at radius 2 is 1.26 bits per heavy atom. The summed E-state index contributed by atoms with van der Waals surface area (Å²) in [5.74, 6) is 0. The summed E-state index contributed by atoms with van der Waals surface area (Å²) < 4.78 is 25.4. The first kappa shape index (κ1) is 29.6. The van der Waals surface area contributed by atoms with E-state index >= 15 is 0 Å². The second-order valence-corrected chi connectivity index (χ2v) is 12.9. The predicted octanol–water partition coefficient (Wildman–Crippen LogP) is 5.78. The highest BCUT2D eigenvalue weighted by Crippen LogP contribution is 2.13. The average molecular weight is 506 g/mol. The van der Waals surface area contributed by atoms with Gasteiger partial charge in [0.1, 0.15) is 17.3 Å². The lowest BCUT2D eigenvalue weighted by Crippen LogP contribution is -2.27. The number of rotatable bonds is 3. The van der Waals surface area contributed by atoms with Gasteiger partial charge in [0.15, 0.2) is 0 Å². The van der Waals surface area contributed by atoms with E-state index in [-0.39, 0.29) is 9.49 Å². The highest BCUT2D eigenvalue weighted by atomic mass is 35.5. The van der Waals surface area contributed by atoms with Crippen LogP contribution in [-0.4, -0.2) is 30.4 Å². The molecule has 2 aromatic rings. The van der Waals surface area contributed by atoms with Crippen molar-refractivity contribution in [2.45, 2.75) is 51.0 Å². The third-order valence-electron chi connectivity index (χ3n) is 3.26. The number of hydrogen-bond donors (Lipinski definition) is 1. The van der Waals surface area contributed by atoms with Gasteiger partial charge in [0.05, 0.1) is 20.5 Å². The zero-order chi connectivity index (χ0) is 24.2. The molecule has 0 aromatic heterocycles. The lowest BCUT2D eigenvalue weighted by atomic mass is 10.2. The number of aldehydes is 1. The van der Waals surface area contributed by atoms with Crippen molar-refractivity contribution in [3.05, 3.63) is 69.7 Å². The van der Waals surface area contributed by atoms with E-state index in [2.05, 4.69) is 4.40 Å². The zero-order valence-electron chi connectivity index (χ0n) is 18.6. The van der Waals surface area contributed by atoms with Crippen molar-refractivity contribution in [1.29, 1.82) is 0 Å². The van der Waals surface area contributed by atoms with E-state index in [0.717, 1.165) is 11.8 Å². The Hall–Kier alpha value is -1.38. The normalized spacial score (nSPS) is 13.3. The highest BCUT2D eigenvalue weighted by molar-refractivity contribution is 7.85. The largest absolute Gasteiger partial charge is 0.298 e. The molecule has 0 saturated heterocycles. The zero-order valence-corrected chi connectivity index (χ0v) is 21.7. The third-order valence-corrected chi connectivity index (χ3v) is 6.28. The van der Waals surface area contributed by atoms with E-state index in [9.17, 15) is 13.2 Å². The average Bonchev–Trinajstić information content (AvgIpc) is 2.65. The summed E-state index contributed by atoms with van der Waals surface area (Å²) in [5.41, 5.74) is 1.47. The first-order valence-corrected chi connectivity index (χ1v) is 12.3. The second-order valence-electron chi connectivity index (χ2n) is 8.23. The number of halogens is 2. The number of nitrogens with two attached hydrogens (primary N) is 1. The topological polar surface area (TPSA) is 89.6 Å². The third kappa shape index (κ3) is 14.3. The first-order valence-electron chi connectivity index (χ1n) is 9.25. The fourth-order valence-electron chi connectivity index (χ4n) is 1.43. The molecule has 0 bridgehead atoms. The lowest BCUT2D eigenvalue weighted by molar-refractivity contribution is 0.112. The Morgan fingerprint density at radius 3 is 1.58 bits per heavy atom. The summed E-state index contributed by atoms with van der Waals surface area (Å²) >= 11 is 11.4. The number of nitrogens with zero attached hydrogens (tertiary/aromatic N) is 1. The van der Waals surface area contributed by atoms with Crippen molar-refractivity contribution in [1.82, 2.24) is 0 Å². The fraction of sp³-hybridized carbons (Fsp3) is 0.364. The molecule has 2 aromatic carbocycles. The van der Waals surface area contributed by atoms with Crippen molar-refractivity contribution in [2.75, 3.05) is 0 Å². The molecule has 0 heterocycles. The van der Waals surface area contributed by atoms with Crippen molar-refractivity contribution < 1.29 is 13.2 Å². The molecule has 172 valence electrons. The van der Waals surface area contributed by atoms with Gasteiger partial charge in [-0.25, -0.2) is 8.42 Å². The lowest BCUT2D eigenvalue weighted by Gasteiger charge is -2.12. The number of benzene rings is 2. The van der Waals surface area contributed by atoms with Gasteiger partial charge in [-0.05, 0) is 71.4 Å². The van der Waals surface area contributed by atoms with Gasteiger partial charge in [-0.1, -0.05) is 47.5 Å². The van der Waals surface area contributed by atoms with E-state index in [0.29, 0.717) is 15.6 Å². The van der Waals surface area contributed by atoms with Gasteiger partial charge in [-0.15, -0.1) is 0 Å². The van der Waals surface area contributed by atoms with Gasteiger partial charge in [0.2, 0.25) is 0 Å². The molecule has 0 aliphatic rings. The molecule has 0 aliphatic carbocycles. The van der Waals surface area contributed by atoms with Gasteiger partial charge in [0, 0.05) is 21.8 Å². The van der Waals surface area contributed by atoms with Crippen molar-refractivity contribution in [3.63, 3.8) is 0 Å². The molecule has 0 radical (unpaired) electrons. The van der Waals surface area contributed by atoms with E-state index in [1.165, 1.54) is 0 Å². The van der Waals surface area contributed by atoms with Gasteiger partial charge >= 0.3 is 0 Å². The van der Waals surface area contributed by atoms with Crippen LogP contribution in [0.4, 0.5) is 0 Å². The van der Waals surface area contributed by atoms with Crippen LogP contribution >= 0.6 is 23.2 Å². The Balaban J connectivity index is 0.000000479. The van der Waals surface area contributed by atoms with Crippen LogP contribution < -0.4 is 5.14 Å².